The molecule has 138 valence electrons. The maximum atomic E-state index is 14.0. The Morgan fingerprint density at radius 3 is 2.65 bits per heavy atom. The van der Waals surface area contributed by atoms with Gasteiger partial charge in [0.15, 0.2) is 0 Å². The summed E-state index contributed by atoms with van der Waals surface area (Å²) in [5, 5.41) is 2.78. The minimum absolute atomic E-state index is 0.271. The highest BCUT2D eigenvalue weighted by Gasteiger charge is 2.17. The van der Waals surface area contributed by atoms with E-state index < -0.39 is 5.82 Å². The monoisotopic (exact) mass is 357 g/mol. The fourth-order valence-corrected chi connectivity index (χ4v) is 3.06. The molecule has 0 spiro atoms. The Morgan fingerprint density at radius 2 is 2.04 bits per heavy atom. The lowest BCUT2D eigenvalue weighted by Crippen LogP contribution is -2.23. The first kappa shape index (κ1) is 18.2. The molecule has 0 aliphatic heterocycles. The summed E-state index contributed by atoms with van der Waals surface area (Å²) in [7, 11) is 3.51. The fourth-order valence-electron chi connectivity index (χ4n) is 3.06. The van der Waals surface area contributed by atoms with Crippen molar-refractivity contribution < 1.29 is 13.9 Å². The molecule has 3 rings (SSSR count). The van der Waals surface area contributed by atoms with E-state index in [-0.39, 0.29) is 12.0 Å². The number of nitrogens with one attached hydrogen (secondary N) is 1. The Labute approximate surface area is 153 Å². The van der Waals surface area contributed by atoms with Gasteiger partial charge < -0.3 is 15.0 Å². The lowest BCUT2D eigenvalue weighted by Gasteiger charge is -2.14. The zero-order chi connectivity index (χ0) is 18.5. The second-order valence-electron chi connectivity index (χ2n) is 6.77. The Balaban J connectivity index is 1.54. The van der Waals surface area contributed by atoms with E-state index in [1.165, 1.54) is 18.9 Å². The van der Waals surface area contributed by atoms with Crippen molar-refractivity contribution in [3.05, 3.63) is 53.5 Å². The summed E-state index contributed by atoms with van der Waals surface area (Å²) >= 11 is 0. The topological polar surface area (TPSA) is 54.5 Å². The predicted octanol–water partition coefficient (Wildman–Crippen LogP) is 3.54. The molecule has 1 fully saturated rings. The van der Waals surface area contributed by atoms with Crippen LogP contribution in [0.25, 0.3) is 0 Å². The van der Waals surface area contributed by atoms with Crippen LogP contribution in [0.3, 0.4) is 0 Å². The number of carbonyl (C=O) groups is 1. The molecule has 1 aromatic heterocycles. The van der Waals surface area contributed by atoms with Crippen LogP contribution < -0.4 is 15.0 Å². The van der Waals surface area contributed by atoms with Crippen molar-refractivity contribution in [3.8, 4) is 5.88 Å². The number of ether oxygens (including phenoxy) is 1. The number of rotatable bonds is 6. The quantitative estimate of drug-likeness (QED) is 0.859. The lowest BCUT2D eigenvalue weighted by atomic mass is 10.1. The average Bonchev–Trinajstić information content (AvgIpc) is 3.13. The normalized spacial score (nSPS) is 14.3. The molecule has 6 heteroatoms. The van der Waals surface area contributed by atoms with Crippen LogP contribution in [0.1, 0.15) is 41.6 Å². The van der Waals surface area contributed by atoms with E-state index in [1.54, 1.807) is 37.3 Å². The number of nitrogens with zero attached hydrogens (tertiary/aromatic N) is 2. The first-order valence-corrected chi connectivity index (χ1v) is 8.89. The zero-order valence-electron chi connectivity index (χ0n) is 15.2. The summed E-state index contributed by atoms with van der Waals surface area (Å²) < 4.78 is 19.8. The molecule has 0 radical (unpaired) electrons. The van der Waals surface area contributed by atoms with Gasteiger partial charge in [-0.3, -0.25) is 4.79 Å². The number of halogens is 1. The molecule has 26 heavy (non-hydrogen) atoms. The second kappa shape index (κ2) is 8.17. The van der Waals surface area contributed by atoms with Gasteiger partial charge in [-0.2, -0.15) is 0 Å². The van der Waals surface area contributed by atoms with Gasteiger partial charge in [-0.15, -0.1) is 0 Å². The molecule has 0 saturated heterocycles. The highest BCUT2D eigenvalue weighted by molar-refractivity contribution is 5.94. The largest absolute Gasteiger partial charge is 0.474 e. The molecule has 1 aliphatic carbocycles. The highest BCUT2D eigenvalue weighted by atomic mass is 19.1. The Kier molecular flexibility index (Phi) is 5.71. The minimum atomic E-state index is -0.419. The number of pyridine rings is 1. The number of anilines is 1. The smallest absolute Gasteiger partial charge is 0.251 e. The summed E-state index contributed by atoms with van der Waals surface area (Å²) in [5.41, 5.74) is 1.60. The van der Waals surface area contributed by atoms with Crippen molar-refractivity contribution in [1.29, 1.82) is 0 Å². The van der Waals surface area contributed by atoms with Gasteiger partial charge in [0.2, 0.25) is 5.88 Å². The number of benzene rings is 1. The first-order valence-electron chi connectivity index (χ1n) is 8.89. The Hall–Kier alpha value is -2.63. The van der Waals surface area contributed by atoms with Crippen molar-refractivity contribution in [2.75, 3.05) is 19.0 Å². The third-order valence-electron chi connectivity index (χ3n) is 4.53. The minimum Gasteiger partial charge on any atom is -0.474 e. The SMILES string of the molecule is CN(C)c1ccc(C(=O)NCc2ccc(OC3CCCC3)nc2)cc1F. The van der Waals surface area contributed by atoms with E-state index in [4.69, 9.17) is 4.74 Å². The number of aromatic nitrogens is 1. The van der Waals surface area contributed by atoms with Gasteiger partial charge in [0.25, 0.3) is 5.91 Å². The molecule has 1 heterocycles. The van der Waals surface area contributed by atoms with Crippen molar-refractivity contribution >= 4 is 11.6 Å². The van der Waals surface area contributed by atoms with E-state index in [0.717, 1.165) is 18.4 Å². The first-order chi connectivity index (χ1) is 12.5. The van der Waals surface area contributed by atoms with Crippen LogP contribution >= 0.6 is 0 Å². The van der Waals surface area contributed by atoms with Crippen LogP contribution in [0.5, 0.6) is 5.88 Å². The molecular formula is C20H24FN3O2. The lowest BCUT2D eigenvalue weighted by molar-refractivity contribution is 0.0950. The Morgan fingerprint density at radius 1 is 1.27 bits per heavy atom. The number of hydrogen-bond acceptors (Lipinski definition) is 4. The maximum absolute atomic E-state index is 14.0. The van der Waals surface area contributed by atoms with Crippen LogP contribution in [0.2, 0.25) is 0 Å². The maximum Gasteiger partial charge on any atom is 0.251 e. The van der Waals surface area contributed by atoms with E-state index >= 15 is 0 Å². The molecule has 1 N–H and O–H groups in total. The third-order valence-corrected chi connectivity index (χ3v) is 4.53. The van der Waals surface area contributed by atoms with Gasteiger partial charge in [0.1, 0.15) is 11.9 Å². The molecule has 1 amide bonds. The summed E-state index contributed by atoms with van der Waals surface area (Å²) in [6.45, 7) is 0.326. The molecule has 0 unspecified atom stereocenters. The van der Waals surface area contributed by atoms with Crippen LogP contribution in [0.4, 0.5) is 10.1 Å². The van der Waals surface area contributed by atoms with Crippen LogP contribution in [-0.2, 0) is 6.54 Å². The molecule has 0 bridgehead atoms. The predicted molar refractivity (Wildman–Crippen MR) is 99.0 cm³/mol. The third kappa shape index (κ3) is 4.50. The van der Waals surface area contributed by atoms with Gasteiger partial charge in [0.05, 0.1) is 5.69 Å². The molecular weight excluding hydrogens is 333 g/mol. The number of hydrogen-bond donors (Lipinski definition) is 1. The van der Waals surface area contributed by atoms with Crippen LogP contribution in [-0.4, -0.2) is 31.1 Å². The van der Waals surface area contributed by atoms with Gasteiger partial charge in [0, 0.05) is 38.5 Å². The molecule has 1 aliphatic rings. The summed E-state index contributed by atoms with van der Waals surface area (Å²) in [5.74, 6) is -0.119. The van der Waals surface area contributed by atoms with E-state index in [2.05, 4.69) is 10.3 Å². The van der Waals surface area contributed by atoms with Crippen molar-refractivity contribution in [2.45, 2.75) is 38.3 Å². The van der Waals surface area contributed by atoms with Gasteiger partial charge in [-0.05, 0) is 49.4 Å². The van der Waals surface area contributed by atoms with Gasteiger partial charge in [-0.25, -0.2) is 9.37 Å². The van der Waals surface area contributed by atoms with Crippen LogP contribution in [0, 0.1) is 5.82 Å². The Bertz CT molecular complexity index is 756. The summed E-state index contributed by atoms with van der Waals surface area (Å²) in [6.07, 6.45) is 6.56. The summed E-state index contributed by atoms with van der Waals surface area (Å²) in [4.78, 5) is 18.2. The number of carbonyl (C=O) groups excluding carboxylic acids is 1. The molecule has 1 aromatic carbocycles. The molecule has 1 saturated carbocycles. The van der Waals surface area contributed by atoms with Crippen molar-refractivity contribution in [1.82, 2.24) is 10.3 Å². The average molecular weight is 357 g/mol. The number of amides is 1. The van der Waals surface area contributed by atoms with E-state index in [0.29, 0.717) is 23.7 Å². The van der Waals surface area contributed by atoms with Crippen molar-refractivity contribution in [2.24, 2.45) is 0 Å². The fraction of sp³-hybridized carbons (Fsp3) is 0.400. The van der Waals surface area contributed by atoms with E-state index in [1.807, 2.05) is 12.1 Å². The zero-order valence-corrected chi connectivity index (χ0v) is 15.2. The van der Waals surface area contributed by atoms with Crippen molar-refractivity contribution in [3.63, 3.8) is 0 Å². The molecule has 0 atom stereocenters. The van der Waals surface area contributed by atoms with Gasteiger partial charge >= 0.3 is 0 Å². The summed E-state index contributed by atoms with van der Waals surface area (Å²) in [6, 6.07) is 8.17. The van der Waals surface area contributed by atoms with Crippen LogP contribution in [0.15, 0.2) is 36.5 Å². The highest BCUT2D eigenvalue weighted by Crippen LogP contribution is 2.23. The van der Waals surface area contributed by atoms with E-state index in [9.17, 15) is 9.18 Å². The molecule has 5 nitrogen and oxygen atoms in total. The standard InChI is InChI=1S/C20H24FN3O2/c1-24(2)18-9-8-15(11-17(18)21)20(25)23-13-14-7-10-19(22-12-14)26-16-5-3-4-6-16/h7-12,16H,3-6,13H2,1-2H3,(H,23,25). The molecule has 2 aromatic rings. The van der Waals surface area contributed by atoms with Gasteiger partial charge in [-0.1, -0.05) is 6.07 Å². The second-order valence-corrected chi connectivity index (χ2v) is 6.77.